The summed E-state index contributed by atoms with van der Waals surface area (Å²) in [5.74, 6) is 0.641. The van der Waals surface area contributed by atoms with Crippen LogP contribution >= 0.6 is 11.8 Å². The van der Waals surface area contributed by atoms with Crippen molar-refractivity contribution >= 4 is 17.7 Å². The fraction of sp³-hybridized carbons (Fsp3) is 0.393. The lowest BCUT2D eigenvalue weighted by atomic mass is 9.96. The molecular formula is C28H32N4O2S. The van der Waals surface area contributed by atoms with Crippen LogP contribution in [0.5, 0.6) is 0 Å². The number of benzene rings is 2. The molecule has 7 heteroatoms. The van der Waals surface area contributed by atoms with Gasteiger partial charge < -0.3 is 4.90 Å². The molecule has 5 rings (SSSR count). The van der Waals surface area contributed by atoms with Gasteiger partial charge in [0.2, 0.25) is 5.91 Å². The van der Waals surface area contributed by atoms with E-state index in [-0.39, 0.29) is 23.4 Å². The number of carbonyl (C=O) groups excluding carboxylic acids is 1. The highest BCUT2D eigenvalue weighted by atomic mass is 32.2. The molecule has 1 fully saturated rings. The van der Waals surface area contributed by atoms with Crippen LogP contribution in [0.1, 0.15) is 35.3 Å². The molecule has 0 saturated carbocycles. The van der Waals surface area contributed by atoms with E-state index in [0.29, 0.717) is 31.8 Å². The third kappa shape index (κ3) is 4.80. The molecule has 35 heavy (non-hydrogen) atoms. The SMILES string of the molecule is CCc1c(C)nc2n(c1=O)CC(C(=O)N1CCN(C(c3ccccc3)c3ccccc3)CC1)CS2. The molecule has 2 aliphatic heterocycles. The summed E-state index contributed by atoms with van der Waals surface area (Å²) in [6, 6.07) is 21.4. The van der Waals surface area contributed by atoms with E-state index < -0.39 is 0 Å². The molecule has 1 aromatic heterocycles. The molecule has 182 valence electrons. The Balaban J connectivity index is 1.29. The number of amides is 1. The van der Waals surface area contributed by atoms with Crippen molar-refractivity contribution in [2.24, 2.45) is 5.92 Å². The lowest BCUT2D eigenvalue weighted by Gasteiger charge is -2.41. The number of thioether (sulfide) groups is 1. The van der Waals surface area contributed by atoms with Gasteiger partial charge in [-0.15, -0.1) is 0 Å². The van der Waals surface area contributed by atoms with Crippen molar-refractivity contribution in [3.8, 4) is 0 Å². The number of aryl methyl sites for hydroxylation is 1. The van der Waals surface area contributed by atoms with Crippen molar-refractivity contribution in [1.29, 1.82) is 0 Å². The van der Waals surface area contributed by atoms with Crippen LogP contribution in [0, 0.1) is 12.8 Å². The van der Waals surface area contributed by atoms with Gasteiger partial charge >= 0.3 is 0 Å². The standard InChI is InChI=1S/C28H32N4O2S/c1-3-24-20(2)29-28-32(27(24)34)18-23(19-35-28)26(33)31-16-14-30(15-17-31)25(21-10-6-4-7-11-21)22-12-8-5-9-13-22/h4-13,23,25H,3,14-19H2,1-2H3. The van der Waals surface area contributed by atoms with Gasteiger partial charge in [-0.25, -0.2) is 4.98 Å². The second kappa shape index (κ2) is 10.4. The van der Waals surface area contributed by atoms with Gasteiger partial charge in [0.15, 0.2) is 5.16 Å². The monoisotopic (exact) mass is 488 g/mol. The van der Waals surface area contributed by atoms with Gasteiger partial charge in [-0.2, -0.15) is 0 Å². The van der Waals surface area contributed by atoms with Gasteiger partial charge in [-0.3, -0.25) is 19.1 Å². The summed E-state index contributed by atoms with van der Waals surface area (Å²) in [4.78, 5) is 35.5. The number of fused-ring (bicyclic) bond motifs is 1. The smallest absolute Gasteiger partial charge is 0.257 e. The van der Waals surface area contributed by atoms with Crippen molar-refractivity contribution in [1.82, 2.24) is 19.4 Å². The first-order valence-corrected chi connectivity index (χ1v) is 13.4. The third-order valence-corrected chi connectivity index (χ3v) is 8.31. The maximum Gasteiger partial charge on any atom is 0.257 e. The minimum absolute atomic E-state index is 0.0124. The van der Waals surface area contributed by atoms with E-state index in [1.165, 1.54) is 22.9 Å². The molecule has 3 heterocycles. The van der Waals surface area contributed by atoms with Crippen molar-refractivity contribution in [2.75, 3.05) is 31.9 Å². The van der Waals surface area contributed by atoms with Crippen LogP contribution in [0.2, 0.25) is 0 Å². The Morgan fingerprint density at radius 1 is 1.00 bits per heavy atom. The van der Waals surface area contributed by atoms with Crippen LogP contribution in [0.4, 0.5) is 0 Å². The predicted octanol–water partition coefficient (Wildman–Crippen LogP) is 3.77. The van der Waals surface area contributed by atoms with Crippen molar-refractivity contribution in [3.05, 3.63) is 93.4 Å². The van der Waals surface area contributed by atoms with Crippen molar-refractivity contribution < 1.29 is 4.79 Å². The van der Waals surface area contributed by atoms with Gasteiger partial charge in [0.25, 0.3) is 5.56 Å². The molecule has 1 unspecified atom stereocenters. The zero-order valence-corrected chi connectivity index (χ0v) is 21.2. The number of hydrogen-bond donors (Lipinski definition) is 0. The van der Waals surface area contributed by atoms with E-state index in [1.807, 2.05) is 30.9 Å². The first kappa shape index (κ1) is 23.8. The van der Waals surface area contributed by atoms with E-state index in [1.54, 1.807) is 4.57 Å². The Labute approximate surface area is 211 Å². The Morgan fingerprint density at radius 2 is 1.60 bits per heavy atom. The minimum Gasteiger partial charge on any atom is -0.340 e. The number of piperazine rings is 1. The molecule has 3 aromatic rings. The average molecular weight is 489 g/mol. The highest BCUT2D eigenvalue weighted by Gasteiger charge is 2.34. The normalized spacial score (nSPS) is 18.5. The van der Waals surface area contributed by atoms with Gasteiger partial charge in [-0.1, -0.05) is 79.3 Å². The zero-order chi connectivity index (χ0) is 24.4. The maximum absolute atomic E-state index is 13.5. The predicted molar refractivity (Wildman–Crippen MR) is 140 cm³/mol. The number of nitrogens with zero attached hydrogens (tertiary/aromatic N) is 4. The molecule has 0 aliphatic carbocycles. The van der Waals surface area contributed by atoms with E-state index in [9.17, 15) is 9.59 Å². The van der Waals surface area contributed by atoms with Gasteiger partial charge in [0.05, 0.1) is 12.0 Å². The molecule has 6 nitrogen and oxygen atoms in total. The first-order valence-electron chi connectivity index (χ1n) is 12.4. The summed E-state index contributed by atoms with van der Waals surface area (Å²) in [6.45, 7) is 7.34. The van der Waals surface area contributed by atoms with Crippen molar-refractivity contribution in [3.63, 3.8) is 0 Å². The van der Waals surface area contributed by atoms with E-state index in [0.717, 1.165) is 29.5 Å². The van der Waals surface area contributed by atoms with Gasteiger partial charge in [0, 0.05) is 49.7 Å². The number of aromatic nitrogens is 2. The molecule has 0 radical (unpaired) electrons. The molecule has 0 N–H and O–H groups in total. The second-order valence-corrected chi connectivity index (χ2v) is 10.3. The number of carbonyl (C=O) groups is 1. The zero-order valence-electron chi connectivity index (χ0n) is 20.4. The summed E-state index contributed by atoms with van der Waals surface area (Å²) >= 11 is 1.53. The van der Waals surface area contributed by atoms with E-state index in [2.05, 4.69) is 58.4 Å². The largest absolute Gasteiger partial charge is 0.340 e. The summed E-state index contributed by atoms with van der Waals surface area (Å²) < 4.78 is 1.72. The molecule has 2 aromatic carbocycles. The van der Waals surface area contributed by atoms with Crippen LogP contribution in [0.15, 0.2) is 70.6 Å². The molecule has 1 amide bonds. The molecule has 1 saturated heterocycles. The molecule has 2 aliphatic rings. The van der Waals surface area contributed by atoms with Crippen LogP contribution in [0.25, 0.3) is 0 Å². The highest BCUT2D eigenvalue weighted by Crippen LogP contribution is 2.31. The fourth-order valence-electron chi connectivity index (χ4n) is 5.30. The van der Waals surface area contributed by atoms with Crippen LogP contribution < -0.4 is 5.56 Å². The maximum atomic E-state index is 13.5. The van der Waals surface area contributed by atoms with Crippen LogP contribution in [-0.2, 0) is 17.8 Å². The Hall–Kier alpha value is -2.90. The molecular weight excluding hydrogens is 456 g/mol. The number of hydrogen-bond acceptors (Lipinski definition) is 5. The summed E-state index contributed by atoms with van der Waals surface area (Å²) in [7, 11) is 0. The van der Waals surface area contributed by atoms with E-state index >= 15 is 0 Å². The summed E-state index contributed by atoms with van der Waals surface area (Å²) in [5.41, 5.74) is 4.12. The molecule has 1 atom stereocenters. The first-order chi connectivity index (χ1) is 17.1. The van der Waals surface area contributed by atoms with Gasteiger partial charge in [-0.05, 0) is 24.5 Å². The quantitative estimate of drug-likeness (QED) is 0.512. The summed E-state index contributed by atoms with van der Waals surface area (Å²) in [6.07, 6.45) is 0.660. The molecule has 0 bridgehead atoms. The average Bonchev–Trinajstić information content (AvgIpc) is 2.90. The topological polar surface area (TPSA) is 58.4 Å². The van der Waals surface area contributed by atoms with Gasteiger partial charge in [0.1, 0.15) is 0 Å². The summed E-state index contributed by atoms with van der Waals surface area (Å²) in [5, 5.41) is 0.743. The van der Waals surface area contributed by atoms with E-state index in [4.69, 9.17) is 0 Å². The lowest BCUT2D eigenvalue weighted by Crippen LogP contribution is -2.52. The Morgan fingerprint density at radius 3 is 2.17 bits per heavy atom. The lowest BCUT2D eigenvalue weighted by molar-refractivity contribution is -0.137. The van der Waals surface area contributed by atoms with Crippen LogP contribution in [0.3, 0.4) is 0 Å². The molecule has 0 spiro atoms. The Kier molecular flexibility index (Phi) is 7.07. The number of rotatable bonds is 5. The highest BCUT2D eigenvalue weighted by molar-refractivity contribution is 7.99. The fourth-order valence-corrected chi connectivity index (χ4v) is 6.41. The van der Waals surface area contributed by atoms with Crippen molar-refractivity contribution in [2.45, 2.75) is 38.0 Å². The van der Waals surface area contributed by atoms with Crippen LogP contribution in [-0.4, -0.2) is 57.2 Å². The Bertz CT molecular complexity index is 1200. The minimum atomic E-state index is -0.190. The second-order valence-electron chi connectivity index (χ2n) is 9.32. The third-order valence-electron chi connectivity index (χ3n) is 7.18.